The molecule has 1 atom stereocenters. The van der Waals surface area contributed by atoms with Gasteiger partial charge in [0.05, 0.1) is 6.54 Å². The standard InChI is InChI=1S/C16H21FN4O/c1-12(14-3-5-15(17)6-4-14)21-9-7-20(8-10-21)11-16-18-13(2)22-19-16/h3-6,12H,7-11H2,1-2H3. The van der Waals surface area contributed by atoms with Crippen LogP contribution in [0.5, 0.6) is 0 Å². The van der Waals surface area contributed by atoms with Gasteiger partial charge < -0.3 is 4.52 Å². The summed E-state index contributed by atoms with van der Waals surface area (Å²) in [4.78, 5) is 9.00. The molecule has 0 bridgehead atoms. The summed E-state index contributed by atoms with van der Waals surface area (Å²) >= 11 is 0. The van der Waals surface area contributed by atoms with Gasteiger partial charge in [-0.05, 0) is 24.6 Å². The molecule has 1 aliphatic rings. The van der Waals surface area contributed by atoms with Gasteiger partial charge in [0.2, 0.25) is 5.89 Å². The van der Waals surface area contributed by atoms with Gasteiger partial charge in [-0.3, -0.25) is 9.80 Å². The number of aryl methyl sites for hydroxylation is 1. The Kier molecular flexibility index (Phi) is 4.49. The molecule has 1 aliphatic heterocycles. The van der Waals surface area contributed by atoms with E-state index in [1.54, 1.807) is 6.92 Å². The quantitative estimate of drug-likeness (QED) is 0.868. The van der Waals surface area contributed by atoms with Gasteiger partial charge in [-0.25, -0.2) is 4.39 Å². The molecule has 1 aromatic heterocycles. The Morgan fingerprint density at radius 1 is 1.18 bits per heavy atom. The van der Waals surface area contributed by atoms with Crippen LogP contribution < -0.4 is 0 Å². The van der Waals surface area contributed by atoms with Gasteiger partial charge in [0.25, 0.3) is 0 Å². The van der Waals surface area contributed by atoms with Crippen LogP contribution >= 0.6 is 0 Å². The topological polar surface area (TPSA) is 45.4 Å². The van der Waals surface area contributed by atoms with Crippen molar-refractivity contribution in [3.8, 4) is 0 Å². The second kappa shape index (κ2) is 6.54. The van der Waals surface area contributed by atoms with Crippen LogP contribution in [0.1, 0.15) is 30.2 Å². The van der Waals surface area contributed by atoms with Crippen molar-refractivity contribution >= 4 is 0 Å². The number of rotatable bonds is 4. The summed E-state index contributed by atoms with van der Waals surface area (Å²) in [6.07, 6.45) is 0. The summed E-state index contributed by atoms with van der Waals surface area (Å²) in [5.74, 6) is 1.17. The number of halogens is 1. The van der Waals surface area contributed by atoms with Crippen molar-refractivity contribution in [2.45, 2.75) is 26.4 Å². The van der Waals surface area contributed by atoms with Gasteiger partial charge in [0.15, 0.2) is 5.82 Å². The highest BCUT2D eigenvalue weighted by Crippen LogP contribution is 2.22. The van der Waals surface area contributed by atoms with Crippen LogP contribution in [-0.2, 0) is 6.54 Å². The molecule has 1 fully saturated rings. The van der Waals surface area contributed by atoms with Gasteiger partial charge in [0, 0.05) is 39.1 Å². The molecule has 2 heterocycles. The van der Waals surface area contributed by atoms with Gasteiger partial charge in [-0.15, -0.1) is 0 Å². The first-order valence-electron chi connectivity index (χ1n) is 7.63. The number of benzene rings is 1. The highest BCUT2D eigenvalue weighted by Gasteiger charge is 2.23. The van der Waals surface area contributed by atoms with Crippen molar-refractivity contribution in [2.75, 3.05) is 26.2 Å². The molecule has 1 saturated heterocycles. The highest BCUT2D eigenvalue weighted by molar-refractivity contribution is 5.19. The summed E-state index contributed by atoms with van der Waals surface area (Å²) in [6.45, 7) is 8.61. The van der Waals surface area contributed by atoms with Gasteiger partial charge in [0.1, 0.15) is 5.82 Å². The molecule has 0 amide bonds. The summed E-state index contributed by atoms with van der Waals surface area (Å²) in [7, 11) is 0. The minimum absolute atomic E-state index is 0.184. The predicted octanol–water partition coefficient (Wildman–Crippen LogP) is 2.40. The maximum Gasteiger partial charge on any atom is 0.223 e. The van der Waals surface area contributed by atoms with E-state index in [1.165, 1.54) is 12.1 Å². The van der Waals surface area contributed by atoms with Crippen molar-refractivity contribution < 1.29 is 8.91 Å². The van der Waals surface area contributed by atoms with Crippen molar-refractivity contribution in [3.05, 3.63) is 47.4 Å². The van der Waals surface area contributed by atoms with E-state index < -0.39 is 0 Å². The summed E-state index contributed by atoms with van der Waals surface area (Å²) in [5, 5.41) is 3.94. The number of hydrogen-bond donors (Lipinski definition) is 0. The van der Waals surface area contributed by atoms with Gasteiger partial charge in [-0.1, -0.05) is 17.3 Å². The third-order valence-corrected chi connectivity index (χ3v) is 4.24. The molecule has 5 nitrogen and oxygen atoms in total. The molecule has 0 aliphatic carbocycles. The first kappa shape index (κ1) is 15.1. The van der Waals surface area contributed by atoms with Crippen molar-refractivity contribution in [1.29, 1.82) is 0 Å². The molecule has 1 aromatic carbocycles. The van der Waals surface area contributed by atoms with E-state index in [1.807, 2.05) is 12.1 Å². The normalized spacial score (nSPS) is 18.5. The van der Waals surface area contributed by atoms with Gasteiger partial charge in [-0.2, -0.15) is 4.98 Å². The lowest BCUT2D eigenvalue weighted by Crippen LogP contribution is -2.46. The zero-order valence-corrected chi connectivity index (χ0v) is 13.0. The van der Waals surface area contributed by atoms with Crippen molar-refractivity contribution in [1.82, 2.24) is 19.9 Å². The molecule has 0 N–H and O–H groups in total. The van der Waals surface area contributed by atoms with Crippen molar-refractivity contribution in [3.63, 3.8) is 0 Å². The number of piperazine rings is 1. The summed E-state index contributed by atoms with van der Waals surface area (Å²) in [5.41, 5.74) is 1.16. The van der Waals surface area contributed by atoms with E-state index in [0.29, 0.717) is 11.9 Å². The average Bonchev–Trinajstić information content (AvgIpc) is 2.93. The first-order chi connectivity index (χ1) is 10.6. The van der Waals surface area contributed by atoms with Crippen LogP contribution in [0.3, 0.4) is 0 Å². The van der Waals surface area contributed by atoms with E-state index in [2.05, 4.69) is 26.9 Å². The van der Waals surface area contributed by atoms with Gasteiger partial charge >= 0.3 is 0 Å². The fraction of sp³-hybridized carbons (Fsp3) is 0.500. The van der Waals surface area contributed by atoms with E-state index in [-0.39, 0.29) is 5.82 Å². The molecule has 0 radical (unpaired) electrons. The third-order valence-electron chi connectivity index (χ3n) is 4.24. The molecule has 3 rings (SSSR count). The molecule has 0 spiro atoms. The highest BCUT2D eigenvalue weighted by atomic mass is 19.1. The molecule has 2 aromatic rings. The van der Waals surface area contributed by atoms with Crippen LogP contribution in [0.4, 0.5) is 4.39 Å². The smallest absolute Gasteiger partial charge is 0.223 e. The lowest BCUT2D eigenvalue weighted by molar-refractivity contribution is 0.0956. The van der Waals surface area contributed by atoms with E-state index in [0.717, 1.165) is 44.1 Å². The Morgan fingerprint density at radius 2 is 1.86 bits per heavy atom. The number of hydrogen-bond acceptors (Lipinski definition) is 5. The van der Waals surface area contributed by atoms with Crippen LogP contribution in [0.15, 0.2) is 28.8 Å². The Morgan fingerprint density at radius 3 is 2.45 bits per heavy atom. The summed E-state index contributed by atoms with van der Waals surface area (Å²) in [6, 6.07) is 7.10. The Balaban J connectivity index is 1.53. The van der Waals surface area contributed by atoms with Crippen molar-refractivity contribution in [2.24, 2.45) is 0 Å². The van der Waals surface area contributed by atoms with E-state index in [9.17, 15) is 4.39 Å². The first-order valence-corrected chi connectivity index (χ1v) is 7.63. The largest absolute Gasteiger partial charge is 0.340 e. The SMILES string of the molecule is Cc1nc(CN2CCN(C(C)c3ccc(F)cc3)CC2)no1. The van der Waals surface area contributed by atoms with Crippen LogP contribution in [0.2, 0.25) is 0 Å². The second-order valence-electron chi connectivity index (χ2n) is 5.77. The monoisotopic (exact) mass is 304 g/mol. The Labute approximate surface area is 129 Å². The zero-order chi connectivity index (χ0) is 15.5. The number of nitrogens with zero attached hydrogens (tertiary/aromatic N) is 4. The second-order valence-corrected chi connectivity index (χ2v) is 5.77. The Hall–Kier alpha value is -1.79. The van der Waals surface area contributed by atoms with E-state index in [4.69, 9.17) is 4.52 Å². The van der Waals surface area contributed by atoms with Crippen LogP contribution in [0, 0.1) is 12.7 Å². The molecule has 118 valence electrons. The minimum atomic E-state index is -0.184. The molecular formula is C16H21FN4O. The molecule has 22 heavy (non-hydrogen) atoms. The fourth-order valence-electron chi connectivity index (χ4n) is 2.87. The lowest BCUT2D eigenvalue weighted by atomic mass is 10.1. The van der Waals surface area contributed by atoms with Crippen LogP contribution in [0.25, 0.3) is 0 Å². The maximum atomic E-state index is 13.0. The minimum Gasteiger partial charge on any atom is -0.340 e. The molecule has 1 unspecified atom stereocenters. The summed E-state index contributed by atoms with van der Waals surface area (Å²) < 4.78 is 18.0. The lowest BCUT2D eigenvalue weighted by Gasteiger charge is -2.37. The molecular weight excluding hydrogens is 283 g/mol. The third kappa shape index (κ3) is 3.51. The predicted molar refractivity (Wildman–Crippen MR) is 80.7 cm³/mol. The average molecular weight is 304 g/mol. The van der Waals surface area contributed by atoms with E-state index >= 15 is 0 Å². The van der Waals surface area contributed by atoms with Crippen LogP contribution in [-0.4, -0.2) is 46.1 Å². The fourth-order valence-corrected chi connectivity index (χ4v) is 2.87. The molecule has 0 saturated carbocycles. The zero-order valence-electron chi connectivity index (χ0n) is 13.0. The Bertz CT molecular complexity index is 605. The maximum absolute atomic E-state index is 13.0. The molecule has 6 heteroatoms. The number of aromatic nitrogens is 2.